The molecular formula is C17H24N4O3. The summed E-state index contributed by atoms with van der Waals surface area (Å²) in [6.07, 6.45) is 7.80. The van der Waals surface area contributed by atoms with Crippen LogP contribution in [-0.4, -0.2) is 46.0 Å². The molecule has 0 unspecified atom stereocenters. The highest BCUT2D eigenvalue weighted by atomic mass is 16.5. The molecule has 1 atom stereocenters. The third-order valence-corrected chi connectivity index (χ3v) is 5.35. The molecule has 4 rings (SSSR count). The Morgan fingerprint density at radius 1 is 1.25 bits per heavy atom. The van der Waals surface area contributed by atoms with Crippen LogP contribution >= 0.6 is 0 Å². The summed E-state index contributed by atoms with van der Waals surface area (Å²) in [5.74, 6) is 1.69. The summed E-state index contributed by atoms with van der Waals surface area (Å²) in [5, 5.41) is 6.92. The zero-order valence-electron chi connectivity index (χ0n) is 13.9. The van der Waals surface area contributed by atoms with Gasteiger partial charge in [-0.25, -0.2) is 0 Å². The molecule has 1 aliphatic heterocycles. The van der Waals surface area contributed by atoms with Crippen molar-refractivity contribution >= 4 is 11.8 Å². The average Bonchev–Trinajstić information content (AvgIpc) is 2.99. The van der Waals surface area contributed by atoms with Crippen LogP contribution in [-0.2, 0) is 16.0 Å². The third-order valence-electron chi connectivity index (χ3n) is 5.35. The Labute approximate surface area is 141 Å². The lowest BCUT2D eigenvalue weighted by molar-refractivity contribution is -0.129. The highest BCUT2D eigenvalue weighted by Gasteiger charge is 2.41. The second kappa shape index (κ2) is 6.53. The second-order valence-corrected chi connectivity index (χ2v) is 7.25. The molecule has 2 amide bonds. The van der Waals surface area contributed by atoms with E-state index in [1.807, 2.05) is 4.90 Å². The molecule has 24 heavy (non-hydrogen) atoms. The summed E-state index contributed by atoms with van der Waals surface area (Å²) in [6, 6.07) is 0.392. The predicted octanol–water partition coefficient (Wildman–Crippen LogP) is 1.40. The lowest BCUT2D eigenvalue weighted by atomic mass is 10.1. The Bertz CT molecular complexity index is 619. The molecule has 0 radical (unpaired) electrons. The van der Waals surface area contributed by atoms with Crippen molar-refractivity contribution in [2.45, 2.75) is 63.3 Å². The molecule has 0 aromatic carbocycles. The molecule has 2 heterocycles. The molecule has 1 N–H and O–H groups in total. The average molecular weight is 332 g/mol. The van der Waals surface area contributed by atoms with Gasteiger partial charge in [-0.05, 0) is 25.7 Å². The van der Waals surface area contributed by atoms with Gasteiger partial charge in [-0.1, -0.05) is 18.0 Å². The minimum absolute atomic E-state index is 0.0361. The van der Waals surface area contributed by atoms with Crippen molar-refractivity contribution in [3.8, 4) is 0 Å². The van der Waals surface area contributed by atoms with Crippen LogP contribution in [0.3, 0.4) is 0 Å². The van der Waals surface area contributed by atoms with Gasteiger partial charge in [0.15, 0.2) is 5.82 Å². The number of hydrogen-bond donors (Lipinski definition) is 1. The minimum Gasteiger partial charge on any atom is -0.355 e. The molecule has 0 bridgehead atoms. The Kier molecular flexibility index (Phi) is 4.24. The van der Waals surface area contributed by atoms with Gasteiger partial charge < -0.3 is 14.7 Å². The Morgan fingerprint density at radius 2 is 2.04 bits per heavy atom. The Hall–Kier alpha value is -1.92. The summed E-state index contributed by atoms with van der Waals surface area (Å²) in [7, 11) is 0. The van der Waals surface area contributed by atoms with Gasteiger partial charge in [0.2, 0.25) is 17.7 Å². The monoisotopic (exact) mass is 332 g/mol. The number of likely N-dealkylation sites (tertiary alicyclic amines) is 1. The molecule has 130 valence electrons. The van der Waals surface area contributed by atoms with Gasteiger partial charge in [0.1, 0.15) is 0 Å². The van der Waals surface area contributed by atoms with Crippen molar-refractivity contribution in [3.05, 3.63) is 11.7 Å². The number of hydrogen-bond acceptors (Lipinski definition) is 5. The van der Waals surface area contributed by atoms with E-state index in [4.69, 9.17) is 4.52 Å². The van der Waals surface area contributed by atoms with Crippen LogP contribution in [0, 0.1) is 5.92 Å². The first-order chi connectivity index (χ1) is 11.7. The van der Waals surface area contributed by atoms with Crippen molar-refractivity contribution in [2.24, 2.45) is 5.92 Å². The minimum atomic E-state index is -0.211. The Morgan fingerprint density at radius 3 is 2.79 bits per heavy atom. The van der Waals surface area contributed by atoms with E-state index in [0.29, 0.717) is 43.7 Å². The quantitative estimate of drug-likeness (QED) is 0.850. The molecule has 1 saturated heterocycles. The molecule has 1 aromatic heterocycles. The lowest BCUT2D eigenvalue weighted by Crippen LogP contribution is -2.34. The summed E-state index contributed by atoms with van der Waals surface area (Å²) < 4.78 is 5.34. The van der Waals surface area contributed by atoms with Crippen LogP contribution < -0.4 is 5.32 Å². The standard InChI is InChI=1S/C17H24N4O3/c22-15-9-12(10-21(15)13-5-6-13)16(23)18-8-7-14-19-17(24-20-14)11-3-1-2-4-11/h11-13H,1-10H2,(H,18,23)/t12-/m1/s1. The summed E-state index contributed by atoms with van der Waals surface area (Å²) in [4.78, 5) is 30.5. The SMILES string of the molecule is O=C(NCCc1noc(C2CCCC2)n1)[C@@H]1CC(=O)N(C2CC2)C1. The first kappa shape index (κ1) is 15.6. The molecule has 7 heteroatoms. The van der Waals surface area contributed by atoms with E-state index < -0.39 is 0 Å². The van der Waals surface area contributed by atoms with Crippen LogP contribution in [0.4, 0.5) is 0 Å². The molecule has 2 aliphatic carbocycles. The fraction of sp³-hybridized carbons (Fsp3) is 0.765. The van der Waals surface area contributed by atoms with Crippen molar-refractivity contribution in [1.29, 1.82) is 0 Å². The van der Waals surface area contributed by atoms with Crippen LogP contribution in [0.2, 0.25) is 0 Å². The summed E-state index contributed by atoms with van der Waals surface area (Å²) >= 11 is 0. The number of aromatic nitrogens is 2. The number of nitrogens with one attached hydrogen (secondary N) is 1. The first-order valence-electron chi connectivity index (χ1n) is 9.10. The summed E-state index contributed by atoms with van der Waals surface area (Å²) in [5.41, 5.74) is 0. The molecule has 2 saturated carbocycles. The van der Waals surface area contributed by atoms with Gasteiger partial charge in [-0.2, -0.15) is 4.98 Å². The van der Waals surface area contributed by atoms with Gasteiger partial charge in [0.25, 0.3) is 0 Å². The molecule has 3 aliphatic rings. The summed E-state index contributed by atoms with van der Waals surface area (Å²) in [6.45, 7) is 1.06. The number of nitrogens with zero attached hydrogens (tertiary/aromatic N) is 3. The predicted molar refractivity (Wildman–Crippen MR) is 85.1 cm³/mol. The maximum atomic E-state index is 12.2. The van der Waals surface area contributed by atoms with E-state index in [9.17, 15) is 9.59 Å². The van der Waals surface area contributed by atoms with Gasteiger partial charge in [0, 0.05) is 37.9 Å². The molecule has 3 fully saturated rings. The third kappa shape index (κ3) is 3.30. The topological polar surface area (TPSA) is 88.3 Å². The maximum Gasteiger partial charge on any atom is 0.229 e. The fourth-order valence-electron chi connectivity index (χ4n) is 3.80. The van der Waals surface area contributed by atoms with E-state index in [1.54, 1.807) is 0 Å². The van der Waals surface area contributed by atoms with Crippen molar-refractivity contribution in [2.75, 3.05) is 13.1 Å². The first-order valence-corrected chi connectivity index (χ1v) is 9.10. The smallest absolute Gasteiger partial charge is 0.229 e. The number of amides is 2. The van der Waals surface area contributed by atoms with E-state index in [2.05, 4.69) is 15.5 Å². The highest BCUT2D eigenvalue weighted by molar-refractivity contribution is 5.89. The largest absolute Gasteiger partial charge is 0.355 e. The molecule has 1 aromatic rings. The molecular weight excluding hydrogens is 308 g/mol. The normalized spacial score (nSPS) is 24.8. The van der Waals surface area contributed by atoms with Gasteiger partial charge in [0.05, 0.1) is 5.92 Å². The van der Waals surface area contributed by atoms with E-state index in [1.165, 1.54) is 12.8 Å². The number of rotatable bonds is 6. The number of carbonyl (C=O) groups excluding carboxylic acids is 2. The highest BCUT2D eigenvalue weighted by Crippen LogP contribution is 2.33. The zero-order chi connectivity index (χ0) is 16.5. The van der Waals surface area contributed by atoms with Crippen LogP contribution in [0.15, 0.2) is 4.52 Å². The van der Waals surface area contributed by atoms with E-state index in [-0.39, 0.29) is 17.7 Å². The van der Waals surface area contributed by atoms with Crippen LogP contribution in [0.25, 0.3) is 0 Å². The maximum absolute atomic E-state index is 12.2. The number of carbonyl (C=O) groups is 2. The van der Waals surface area contributed by atoms with E-state index >= 15 is 0 Å². The second-order valence-electron chi connectivity index (χ2n) is 7.25. The van der Waals surface area contributed by atoms with Gasteiger partial charge in [-0.3, -0.25) is 9.59 Å². The van der Waals surface area contributed by atoms with Crippen LogP contribution in [0.5, 0.6) is 0 Å². The lowest BCUT2D eigenvalue weighted by Gasteiger charge is -2.15. The molecule has 7 nitrogen and oxygen atoms in total. The zero-order valence-corrected chi connectivity index (χ0v) is 13.9. The Balaban J connectivity index is 1.22. The van der Waals surface area contributed by atoms with E-state index in [0.717, 1.165) is 31.6 Å². The van der Waals surface area contributed by atoms with Gasteiger partial charge in [-0.15, -0.1) is 0 Å². The molecule has 0 spiro atoms. The van der Waals surface area contributed by atoms with Gasteiger partial charge >= 0.3 is 0 Å². The van der Waals surface area contributed by atoms with Crippen molar-refractivity contribution < 1.29 is 14.1 Å². The van der Waals surface area contributed by atoms with Crippen molar-refractivity contribution in [1.82, 2.24) is 20.4 Å². The van der Waals surface area contributed by atoms with Crippen molar-refractivity contribution in [3.63, 3.8) is 0 Å². The fourth-order valence-corrected chi connectivity index (χ4v) is 3.80. The van der Waals surface area contributed by atoms with Crippen LogP contribution in [0.1, 0.15) is 62.6 Å².